The molecule has 1 aromatic carbocycles. The highest BCUT2D eigenvalue weighted by molar-refractivity contribution is 7.18. The van der Waals surface area contributed by atoms with Crippen LogP contribution in [-0.2, 0) is 0 Å². The van der Waals surface area contributed by atoms with Gasteiger partial charge in [-0.2, -0.15) is 4.98 Å². The number of anilines is 1. The van der Waals surface area contributed by atoms with Crippen LogP contribution in [0.4, 0.5) is 5.95 Å². The van der Waals surface area contributed by atoms with Gasteiger partial charge >= 0.3 is 0 Å². The summed E-state index contributed by atoms with van der Waals surface area (Å²) in [6.07, 6.45) is 0. The first-order chi connectivity index (χ1) is 10.1. The Morgan fingerprint density at radius 1 is 1.24 bits per heavy atom. The number of aryl methyl sites for hydroxylation is 2. The van der Waals surface area contributed by atoms with Crippen LogP contribution in [0.5, 0.6) is 11.6 Å². The Hall–Kier alpha value is -1.89. The minimum atomic E-state index is 0.308. The molecule has 0 saturated carbocycles. The highest BCUT2D eigenvalue weighted by Gasteiger charge is 2.13. The van der Waals surface area contributed by atoms with Crippen molar-refractivity contribution in [2.24, 2.45) is 5.84 Å². The molecule has 0 radical (unpaired) electrons. The van der Waals surface area contributed by atoms with E-state index in [1.165, 1.54) is 0 Å². The zero-order valence-corrected chi connectivity index (χ0v) is 13.0. The fourth-order valence-electron chi connectivity index (χ4n) is 1.95. The van der Waals surface area contributed by atoms with Crippen molar-refractivity contribution in [2.45, 2.75) is 13.8 Å². The van der Waals surface area contributed by atoms with Crippen LogP contribution in [0.15, 0.2) is 24.3 Å². The van der Waals surface area contributed by atoms with Crippen molar-refractivity contribution in [2.75, 3.05) is 5.43 Å². The molecule has 0 aliphatic heterocycles. The predicted octanol–water partition coefficient (Wildman–Crippen LogP) is 4.04. The number of aromatic nitrogens is 2. The lowest BCUT2D eigenvalue weighted by Crippen LogP contribution is -2.10. The number of nitrogens with zero attached hydrogens (tertiary/aromatic N) is 2. The van der Waals surface area contributed by atoms with E-state index in [1.807, 2.05) is 38.1 Å². The van der Waals surface area contributed by atoms with E-state index in [1.54, 1.807) is 11.3 Å². The number of hydrazine groups is 1. The maximum absolute atomic E-state index is 6.20. The summed E-state index contributed by atoms with van der Waals surface area (Å²) in [5.41, 5.74) is 3.52. The summed E-state index contributed by atoms with van der Waals surface area (Å²) in [6, 6.07) is 7.58. The van der Waals surface area contributed by atoms with Crippen molar-refractivity contribution < 1.29 is 4.74 Å². The predicted molar refractivity (Wildman–Crippen MR) is 86.2 cm³/mol. The van der Waals surface area contributed by atoms with Crippen molar-refractivity contribution in [1.82, 2.24) is 9.97 Å². The summed E-state index contributed by atoms with van der Waals surface area (Å²) in [5.74, 6) is 6.70. The summed E-state index contributed by atoms with van der Waals surface area (Å²) in [5, 5.41) is 1.38. The van der Waals surface area contributed by atoms with E-state index in [-0.39, 0.29) is 0 Å². The molecule has 0 bridgehead atoms. The van der Waals surface area contributed by atoms with Gasteiger partial charge in [0.2, 0.25) is 11.8 Å². The molecule has 0 fully saturated rings. The molecule has 0 aliphatic carbocycles. The molecule has 3 N–H and O–H groups in total. The first-order valence-corrected chi connectivity index (χ1v) is 7.45. The van der Waals surface area contributed by atoms with Crippen molar-refractivity contribution in [3.63, 3.8) is 0 Å². The minimum absolute atomic E-state index is 0.308. The lowest BCUT2D eigenvalue weighted by molar-refractivity contribution is 0.469. The summed E-state index contributed by atoms with van der Waals surface area (Å²) >= 11 is 7.76. The SMILES string of the molecule is Cc1ccc(Oc2nc(NN)nc3sc(C)cc23)c(Cl)c1. The van der Waals surface area contributed by atoms with Crippen LogP contribution >= 0.6 is 22.9 Å². The van der Waals surface area contributed by atoms with Gasteiger partial charge in [0.25, 0.3) is 0 Å². The highest BCUT2D eigenvalue weighted by atomic mass is 35.5. The van der Waals surface area contributed by atoms with Crippen LogP contribution in [0.3, 0.4) is 0 Å². The average Bonchev–Trinajstić information content (AvgIpc) is 2.82. The van der Waals surface area contributed by atoms with Gasteiger partial charge in [0.05, 0.1) is 10.4 Å². The zero-order valence-electron chi connectivity index (χ0n) is 11.5. The van der Waals surface area contributed by atoms with E-state index >= 15 is 0 Å². The molecule has 2 heterocycles. The largest absolute Gasteiger partial charge is 0.437 e. The van der Waals surface area contributed by atoms with Crippen LogP contribution in [0.25, 0.3) is 10.2 Å². The molecule has 0 saturated heterocycles. The number of benzene rings is 1. The summed E-state index contributed by atoms with van der Waals surface area (Å²) < 4.78 is 5.86. The number of hydrogen-bond acceptors (Lipinski definition) is 6. The van der Waals surface area contributed by atoms with Gasteiger partial charge in [0, 0.05) is 4.88 Å². The lowest BCUT2D eigenvalue weighted by atomic mass is 10.2. The Bertz CT molecular complexity index is 818. The Morgan fingerprint density at radius 3 is 2.76 bits per heavy atom. The number of fused-ring (bicyclic) bond motifs is 1. The Morgan fingerprint density at radius 2 is 2.05 bits per heavy atom. The van der Waals surface area contributed by atoms with Gasteiger partial charge in [-0.15, -0.1) is 11.3 Å². The fourth-order valence-corrected chi connectivity index (χ4v) is 3.09. The first kappa shape index (κ1) is 14.1. The summed E-state index contributed by atoms with van der Waals surface area (Å²) in [6.45, 7) is 3.97. The van der Waals surface area contributed by atoms with Gasteiger partial charge in [-0.05, 0) is 37.6 Å². The van der Waals surface area contributed by atoms with E-state index in [4.69, 9.17) is 22.2 Å². The van der Waals surface area contributed by atoms with Crippen LogP contribution < -0.4 is 16.0 Å². The van der Waals surface area contributed by atoms with Gasteiger partial charge in [-0.1, -0.05) is 17.7 Å². The van der Waals surface area contributed by atoms with Crippen LogP contribution in [-0.4, -0.2) is 9.97 Å². The lowest BCUT2D eigenvalue weighted by Gasteiger charge is -2.09. The zero-order chi connectivity index (χ0) is 15.0. The van der Waals surface area contributed by atoms with Gasteiger partial charge in [0.15, 0.2) is 0 Å². The number of nitrogen functional groups attached to an aromatic ring is 1. The number of nitrogens with one attached hydrogen (secondary N) is 1. The van der Waals surface area contributed by atoms with Gasteiger partial charge < -0.3 is 4.74 Å². The number of hydrogen-bond donors (Lipinski definition) is 2. The second kappa shape index (κ2) is 5.48. The number of ether oxygens (including phenoxy) is 1. The second-order valence-corrected chi connectivity index (χ2v) is 6.25. The molecule has 108 valence electrons. The molecule has 7 heteroatoms. The van der Waals surface area contributed by atoms with Crippen molar-refractivity contribution in [3.05, 3.63) is 39.7 Å². The molecule has 0 atom stereocenters. The molecule has 21 heavy (non-hydrogen) atoms. The van der Waals surface area contributed by atoms with Crippen LogP contribution in [0.2, 0.25) is 5.02 Å². The van der Waals surface area contributed by atoms with Crippen LogP contribution in [0, 0.1) is 13.8 Å². The Kier molecular flexibility index (Phi) is 3.67. The first-order valence-electron chi connectivity index (χ1n) is 6.25. The van der Waals surface area contributed by atoms with Gasteiger partial charge in [-0.25, -0.2) is 10.8 Å². The van der Waals surface area contributed by atoms with E-state index in [9.17, 15) is 0 Å². The summed E-state index contributed by atoms with van der Waals surface area (Å²) in [4.78, 5) is 10.5. The normalized spacial score (nSPS) is 10.9. The summed E-state index contributed by atoms with van der Waals surface area (Å²) in [7, 11) is 0. The monoisotopic (exact) mass is 320 g/mol. The molecular weight excluding hydrogens is 308 g/mol. The topological polar surface area (TPSA) is 73.1 Å². The molecule has 3 aromatic rings. The molecule has 2 aromatic heterocycles. The molecule has 3 rings (SSSR count). The minimum Gasteiger partial charge on any atom is -0.437 e. The number of thiophene rings is 1. The van der Waals surface area contributed by atoms with Crippen molar-refractivity contribution in [1.29, 1.82) is 0 Å². The third-order valence-electron chi connectivity index (χ3n) is 2.90. The van der Waals surface area contributed by atoms with E-state index in [0.29, 0.717) is 22.6 Å². The quantitative estimate of drug-likeness (QED) is 0.563. The third kappa shape index (κ3) is 2.78. The number of halogens is 1. The molecule has 5 nitrogen and oxygen atoms in total. The maximum atomic E-state index is 6.20. The molecule has 0 aliphatic rings. The molecule has 0 amide bonds. The van der Waals surface area contributed by atoms with Crippen molar-refractivity contribution >= 4 is 39.1 Å². The third-order valence-corrected chi connectivity index (χ3v) is 4.14. The second-order valence-electron chi connectivity index (χ2n) is 4.61. The van der Waals surface area contributed by atoms with Crippen molar-refractivity contribution in [3.8, 4) is 11.6 Å². The Labute approximate surface area is 130 Å². The van der Waals surface area contributed by atoms with Gasteiger partial charge in [0.1, 0.15) is 10.6 Å². The van der Waals surface area contributed by atoms with E-state index in [2.05, 4.69) is 15.4 Å². The van der Waals surface area contributed by atoms with E-state index < -0.39 is 0 Å². The van der Waals surface area contributed by atoms with E-state index in [0.717, 1.165) is 20.7 Å². The number of nitrogens with two attached hydrogens (primary N) is 1. The van der Waals surface area contributed by atoms with Crippen LogP contribution in [0.1, 0.15) is 10.4 Å². The Balaban J connectivity index is 2.10. The molecule has 0 unspecified atom stereocenters. The highest BCUT2D eigenvalue weighted by Crippen LogP contribution is 2.36. The standard InChI is InChI=1S/C14H13ClN4OS/c1-7-3-4-11(10(15)5-7)20-12-9-6-8(2)21-13(9)18-14(17-12)19-16/h3-6H,16H2,1-2H3,(H,17,18,19). The fraction of sp³-hybridized carbons (Fsp3) is 0.143. The molecule has 0 spiro atoms. The number of rotatable bonds is 3. The smallest absolute Gasteiger partial charge is 0.241 e. The molecular formula is C14H13ClN4OS. The average molecular weight is 321 g/mol. The van der Waals surface area contributed by atoms with Gasteiger partial charge in [-0.3, -0.25) is 5.43 Å². The maximum Gasteiger partial charge on any atom is 0.241 e.